The molecule has 2 amide bonds. The molecule has 27 heavy (non-hydrogen) atoms. The first-order chi connectivity index (χ1) is 12.9. The van der Waals surface area contributed by atoms with Crippen LogP contribution in [0.1, 0.15) is 31.0 Å². The average Bonchev–Trinajstić information content (AvgIpc) is 3.04. The number of carbonyl (C=O) groups is 2. The number of carboxylic acid groups (broad SMARTS) is 1. The Morgan fingerprint density at radius 2 is 1.78 bits per heavy atom. The highest BCUT2D eigenvalue weighted by Crippen LogP contribution is 2.29. The standard InChI is InChI=1S/C21H22N2O3S/c1-14(15-8-4-3-5-9-15)22-19(24)21(2,23-20(25)26)12-16-13-27-18-11-7-6-10-17(16)18/h3-11,13-14,23H,12H2,1-2H3,(H,22,24)(H,25,26). The number of rotatable bonds is 6. The van der Waals surface area contributed by atoms with Gasteiger partial charge in [-0.2, -0.15) is 0 Å². The number of carbonyl (C=O) groups excluding carboxylic acids is 1. The third kappa shape index (κ3) is 4.28. The summed E-state index contributed by atoms with van der Waals surface area (Å²) in [6, 6.07) is 17.3. The molecular weight excluding hydrogens is 360 g/mol. The number of hydrogen-bond acceptors (Lipinski definition) is 3. The summed E-state index contributed by atoms with van der Waals surface area (Å²) in [5.41, 5.74) is 0.637. The minimum atomic E-state index is -1.28. The second kappa shape index (κ2) is 7.80. The molecular formula is C21H22N2O3S. The van der Waals surface area contributed by atoms with Gasteiger partial charge in [-0.1, -0.05) is 48.5 Å². The maximum atomic E-state index is 13.0. The van der Waals surface area contributed by atoms with Crippen LogP contribution in [0, 0.1) is 0 Å². The van der Waals surface area contributed by atoms with E-state index in [-0.39, 0.29) is 18.4 Å². The number of fused-ring (bicyclic) bond motifs is 1. The molecule has 1 aromatic heterocycles. The van der Waals surface area contributed by atoms with E-state index in [1.54, 1.807) is 18.3 Å². The number of benzene rings is 2. The van der Waals surface area contributed by atoms with Gasteiger partial charge in [0, 0.05) is 11.1 Å². The molecule has 0 radical (unpaired) electrons. The van der Waals surface area contributed by atoms with Crippen molar-refractivity contribution in [3.05, 3.63) is 71.1 Å². The van der Waals surface area contributed by atoms with Crippen LogP contribution in [0.4, 0.5) is 4.79 Å². The van der Waals surface area contributed by atoms with Crippen LogP contribution >= 0.6 is 11.3 Å². The predicted octanol–water partition coefficient (Wildman–Crippen LogP) is 4.35. The highest BCUT2D eigenvalue weighted by atomic mass is 32.1. The van der Waals surface area contributed by atoms with Crippen molar-refractivity contribution in [2.45, 2.75) is 31.8 Å². The van der Waals surface area contributed by atoms with Crippen molar-refractivity contribution in [3.63, 3.8) is 0 Å². The summed E-state index contributed by atoms with van der Waals surface area (Å²) in [5.74, 6) is -0.350. The molecule has 0 saturated carbocycles. The number of amides is 2. The van der Waals surface area contributed by atoms with Gasteiger partial charge in [0.2, 0.25) is 5.91 Å². The molecule has 3 aromatic rings. The van der Waals surface area contributed by atoms with Crippen molar-refractivity contribution in [3.8, 4) is 0 Å². The summed E-state index contributed by atoms with van der Waals surface area (Å²) in [7, 11) is 0. The lowest BCUT2D eigenvalue weighted by Crippen LogP contribution is -2.58. The third-order valence-electron chi connectivity index (χ3n) is 4.64. The van der Waals surface area contributed by atoms with E-state index < -0.39 is 11.6 Å². The summed E-state index contributed by atoms with van der Waals surface area (Å²) in [5, 5.41) is 17.7. The molecule has 0 fully saturated rings. The van der Waals surface area contributed by atoms with Gasteiger partial charge in [0.15, 0.2) is 0 Å². The number of nitrogens with one attached hydrogen (secondary N) is 2. The Kier molecular flexibility index (Phi) is 5.46. The van der Waals surface area contributed by atoms with Gasteiger partial charge in [-0.05, 0) is 41.8 Å². The molecule has 6 heteroatoms. The fraction of sp³-hybridized carbons (Fsp3) is 0.238. The van der Waals surface area contributed by atoms with E-state index in [1.165, 1.54) is 0 Å². The van der Waals surface area contributed by atoms with Gasteiger partial charge in [0.05, 0.1) is 6.04 Å². The Labute approximate surface area is 162 Å². The zero-order valence-electron chi connectivity index (χ0n) is 15.2. The largest absolute Gasteiger partial charge is 0.465 e. The predicted molar refractivity (Wildman–Crippen MR) is 108 cm³/mol. The van der Waals surface area contributed by atoms with E-state index in [2.05, 4.69) is 10.6 Å². The van der Waals surface area contributed by atoms with Gasteiger partial charge >= 0.3 is 6.09 Å². The van der Waals surface area contributed by atoms with Crippen LogP contribution in [0.3, 0.4) is 0 Å². The Bertz CT molecular complexity index is 954. The summed E-state index contributed by atoms with van der Waals surface area (Å²) in [6.07, 6.45) is -0.948. The first-order valence-electron chi connectivity index (χ1n) is 8.71. The third-order valence-corrected chi connectivity index (χ3v) is 5.65. The van der Waals surface area contributed by atoms with Crippen LogP contribution in [0.25, 0.3) is 10.1 Å². The van der Waals surface area contributed by atoms with Gasteiger partial charge in [0.25, 0.3) is 0 Å². The summed E-state index contributed by atoms with van der Waals surface area (Å²) >= 11 is 1.59. The first-order valence-corrected chi connectivity index (χ1v) is 9.59. The van der Waals surface area contributed by atoms with E-state index in [4.69, 9.17) is 0 Å². The number of hydrogen-bond donors (Lipinski definition) is 3. The molecule has 2 unspecified atom stereocenters. The van der Waals surface area contributed by atoms with Gasteiger partial charge in [-0.25, -0.2) is 4.79 Å². The normalized spacial score (nSPS) is 14.3. The van der Waals surface area contributed by atoms with E-state index in [0.29, 0.717) is 0 Å². The lowest BCUT2D eigenvalue weighted by atomic mass is 9.91. The fourth-order valence-corrected chi connectivity index (χ4v) is 4.11. The molecule has 0 bridgehead atoms. The maximum Gasteiger partial charge on any atom is 0.405 e. The van der Waals surface area contributed by atoms with Crippen LogP contribution in [-0.2, 0) is 11.2 Å². The molecule has 0 spiro atoms. The van der Waals surface area contributed by atoms with Crippen LogP contribution in [-0.4, -0.2) is 22.6 Å². The Morgan fingerprint density at radius 1 is 1.11 bits per heavy atom. The van der Waals surface area contributed by atoms with E-state index in [0.717, 1.165) is 21.2 Å². The van der Waals surface area contributed by atoms with Gasteiger partial charge in [0.1, 0.15) is 5.54 Å². The summed E-state index contributed by atoms with van der Waals surface area (Å²) in [6.45, 7) is 3.51. The quantitative estimate of drug-likeness (QED) is 0.593. The maximum absolute atomic E-state index is 13.0. The molecule has 3 rings (SSSR count). The van der Waals surface area contributed by atoms with E-state index in [1.807, 2.05) is 66.9 Å². The Balaban J connectivity index is 1.85. The minimum absolute atomic E-state index is 0.229. The highest BCUT2D eigenvalue weighted by Gasteiger charge is 2.36. The second-order valence-corrected chi connectivity index (χ2v) is 7.71. The summed E-state index contributed by atoms with van der Waals surface area (Å²) in [4.78, 5) is 24.4. The smallest absolute Gasteiger partial charge is 0.405 e. The molecule has 0 aliphatic carbocycles. The second-order valence-electron chi connectivity index (χ2n) is 6.80. The Hall–Kier alpha value is -2.86. The Morgan fingerprint density at radius 3 is 2.48 bits per heavy atom. The topological polar surface area (TPSA) is 78.4 Å². The fourth-order valence-electron chi connectivity index (χ4n) is 3.15. The van der Waals surface area contributed by atoms with Crippen molar-refractivity contribution in [1.29, 1.82) is 0 Å². The SMILES string of the molecule is CC(NC(=O)C(C)(Cc1csc2ccccc12)NC(=O)O)c1ccccc1. The average molecular weight is 382 g/mol. The molecule has 140 valence electrons. The van der Waals surface area contributed by atoms with Crippen LogP contribution in [0.15, 0.2) is 60.0 Å². The number of thiophene rings is 1. The molecule has 1 heterocycles. The van der Waals surface area contributed by atoms with Crippen LogP contribution in [0.5, 0.6) is 0 Å². The molecule has 0 aliphatic rings. The zero-order chi connectivity index (χ0) is 19.4. The van der Waals surface area contributed by atoms with Crippen LogP contribution < -0.4 is 10.6 Å². The molecule has 0 aliphatic heterocycles. The van der Waals surface area contributed by atoms with Crippen molar-refractivity contribution >= 4 is 33.4 Å². The lowest BCUT2D eigenvalue weighted by Gasteiger charge is -2.30. The van der Waals surface area contributed by atoms with Crippen LogP contribution in [0.2, 0.25) is 0 Å². The van der Waals surface area contributed by atoms with E-state index in [9.17, 15) is 14.7 Å². The van der Waals surface area contributed by atoms with Gasteiger partial charge in [-0.15, -0.1) is 11.3 Å². The van der Waals surface area contributed by atoms with E-state index >= 15 is 0 Å². The van der Waals surface area contributed by atoms with Gasteiger partial charge in [-0.3, -0.25) is 4.79 Å². The molecule has 2 atom stereocenters. The minimum Gasteiger partial charge on any atom is -0.465 e. The van der Waals surface area contributed by atoms with Crippen molar-refractivity contribution < 1.29 is 14.7 Å². The molecule has 0 saturated heterocycles. The van der Waals surface area contributed by atoms with Gasteiger partial charge < -0.3 is 15.7 Å². The van der Waals surface area contributed by atoms with Crippen molar-refractivity contribution in [2.24, 2.45) is 0 Å². The van der Waals surface area contributed by atoms with Crippen molar-refractivity contribution in [2.75, 3.05) is 0 Å². The molecule has 2 aromatic carbocycles. The van der Waals surface area contributed by atoms with Crippen molar-refractivity contribution in [1.82, 2.24) is 10.6 Å². The lowest BCUT2D eigenvalue weighted by molar-refractivity contribution is -0.127. The zero-order valence-corrected chi connectivity index (χ0v) is 16.0. The molecule has 5 nitrogen and oxygen atoms in total. The molecule has 3 N–H and O–H groups in total. The monoisotopic (exact) mass is 382 g/mol. The first kappa shape index (κ1) is 18.9. The summed E-state index contributed by atoms with van der Waals surface area (Å²) < 4.78 is 1.11. The highest BCUT2D eigenvalue weighted by molar-refractivity contribution is 7.17.